The number of amides is 1. The molecule has 1 N–H and O–H groups in total. The molecule has 1 aromatic carbocycles. The van der Waals surface area contributed by atoms with Crippen LogP contribution in [0.4, 0.5) is 0 Å². The Hall–Kier alpha value is -2.48. The minimum atomic E-state index is 0.0319. The van der Waals surface area contributed by atoms with Crippen molar-refractivity contribution in [3.05, 3.63) is 41.2 Å². The lowest BCUT2D eigenvalue weighted by Crippen LogP contribution is -2.25. The van der Waals surface area contributed by atoms with Crippen molar-refractivity contribution in [2.24, 2.45) is 0 Å². The van der Waals surface area contributed by atoms with E-state index in [0.717, 1.165) is 22.1 Å². The van der Waals surface area contributed by atoms with Crippen LogP contribution in [-0.4, -0.2) is 39.4 Å². The predicted molar refractivity (Wildman–Crippen MR) is 86.7 cm³/mol. The van der Waals surface area contributed by atoms with Gasteiger partial charge in [0.1, 0.15) is 17.1 Å². The molecule has 3 rings (SSSR count). The number of benzene rings is 1. The molecule has 0 aliphatic rings. The Balaban J connectivity index is 1.39. The molecule has 0 atom stereocenters. The molecule has 0 radical (unpaired) electrons. The molecule has 0 saturated carbocycles. The number of fused-ring (bicyclic) bond motifs is 1. The van der Waals surface area contributed by atoms with Gasteiger partial charge in [-0.1, -0.05) is 23.5 Å². The first kappa shape index (κ1) is 15.4. The van der Waals surface area contributed by atoms with Crippen molar-refractivity contribution < 1.29 is 9.53 Å². The molecule has 2 heterocycles. The monoisotopic (exact) mass is 331 g/mol. The number of nitrogens with one attached hydrogen (secondary N) is 1. The molecule has 0 aliphatic carbocycles. The highest BCUT2D eigenvalue weighted by molar-refractivity contribution is 7.16. The number of aryl methyl sites for hydroxylation is 1. The maximum atomic E-state index is 11.9. The number of carbonyl (C=O) groups excluding carboxylic acids is 1. The van der Waals surface area contributed by atoms with Gasteiger partial charge in [-0.25, -0.2) is 0 Å². The summed E-state index contributed by atoms with van der Waals surface area (Å²) in [6.07, 6.45) is 3.39. The third-order valence-corrected chi connectivity index (χ3v) is 4.36. The topological polar surface area (TPSA) is 81.4 Å². The molecule has 3 aromatic rings. The molecular weight excluding hydrogens is 314 g/mol. The standard InChI is InChI=1S/C15H17N5O2S/c1-22-12-4-2-11(3-5-12)8-9-16-13(21)6-7-14-19-20-10-17-18-15(20)23-14/h2-5,10H,6-9H2,1H3,(H,16,21). The number of carbonyl (C=O) groups is 1. The molecule has 0 aliphatic heterocycles. The average Bonchev–Trinajstić information content (AvgIpc) is 3.15. The Morgan fingerprint density at radius 2 is 2.13 bits per heavy atom. The first-order chi connectivity index (χ1) is 11.2. The summed E-state index contributed by atoms with van der Waals surface area (Å²) >= 11 is 1.46. The first-order valence-electron chi connectivity index (χ1n) is 7.30. The summed E-state index contributed by atoms with van der Waals surface area (Å²) in [6, 6.07) is 7.85. The third kappa shape index (κ3) is 4.04. The van der Waals surface area contributed by atoms with Crippen LogP contribution in [0.2, 0.25) is 0 Å². The van der Waals surface area contributed by atoms with Crippen molar-refractivity contribution in [1.29, 1.82) is 0 Å². The van der Waals surface area contributed by atoms with Gasteiger partial charge in [0.2, 0.25) is 10.9 Å². The van der Waals surface area contributed by atoms with Crippen LogP contribution in [0.15, 0.2) is 30.6 Å². The molecule has 8 heteroatoms. The lowest BCUT2D eigenvalue weighted by atomic mass is 10.1. The molecule has 23 heavy (non-hydrogen) atoms. The molecule has 7 nitrogen and oxygen atoms in total. The minimum Gasteiger partial charge on any atom is -0.497 e. The van der Waals surface area contributed by atoms with Crippen molar-refractivity contribution >= 4 is 22.2 Å². The van der Waals surface area contributed by atoms with Gasteiger partial charge in [-0.05, 0) is 24.1 Å². The van der Waals surface area contributed by atoms with Gasteiger partial charge in [0.15, 0.2) is 0 Å². The fraction of sp³-hybridized carbons (Fsp3) is 0.333. The van der Waals surface area contributed by atoms with E-state index >= 15 is 0 Å². The van der Waals surface area contributed by atoms with Crippen molar-refractivity contribution in [2.45, 2.75) is 19.3 Å². The van der Waals surface area contributed by atoms with Crippen LogP contribution in [0.25, 0.3) is 4.96 Å². The minimum absolute atomic E-state index is 0.0319. The first-order valence-corrected chi connectivity index (χ1v) is 8.11. The second kappa shape index (κ2) is 7.19. The molecule has 0 bridgehead atoms. The average molecular weight is 331 g/mol. The number of ether oxygens (including phenoxy) is 1. The van der Waals surface area contributed by atoms with E-state index in [2.05, 4.69) is 20.6 Å². The highest BCUT2D eigenvalue weighted by atomic mass is 32.1. The summed E-state index contributed by atoms with van der Waals surface area (Å²) in [5, 5.41) is 15.8. The molecular formula is C15H17N5O2S. The zero-order valence-electron chi connectivity index (χ0n) is 12.7. The zero-order chi connectivity index (χ0) is 16.1. The van der Waals surface area contributed by atoms with E-state index in [1.807, 2.05) is 24.3 Å². The molecule has 0 saturated heterocycles. The van der Waals surface area contributed by atoms with Gasteiger partial charge in [0.25, 0.3) is 0 Å². The zero-order valence-corrected chi connectivity index (χ0v) is 13.5. The highest BCUT2D eigenvalue weighted by Gasteiger charge is 2.08. The number of nitrogens with zero attached hydrogens (tertiary/aromatic N) is 4. The third-order valence-electron chi connectivity index (χ3n) is 3.39. The lowest BCUT2D eigenvalue weighted by Gasteiger charge is -2.05. The van der Waals surface area contributed by atoms with Gasteiger partial charge in [-0.2, -0.15) is 9.61 Å². The molecule has 0 spiro atoms. The van der Waals surface area contributed by atoms with Gasteiger partial charge in [0, 0.05) is 19.4 Å². The van der Waals surface area contributed by atoms with Crippen LogP contribution in [0, 0.1) is 0 Å². The maximum Gasteiger partial charge on any atom is 0.234 e. The van der Waals surface area contributed by atoms with E-state index in [1.54, 1.807) is 18.0 Å². The van der Waals surface area contributed by atoms with Crippen molar-refractivity contribution in [3.8, 4) is 5.75 Å². The van der Waals surface area contributed by atoms with Crippen LogP contribution in [0.1, 0.15) is 17.0 Å². The van der Waals surface area contributed by atoms with Crippen molar-refractivity contribution in [2.75, 3.05) is 13.7 Å². The predicted octanol–water partition coefficient (Wildman–Crippen LogP) is 1.49. The van der Waals surface area contributed by atoms with Crippen LogP contribution in [0.5, 0.6) is 5.75 Å². The fourth-order valence-electron chi connectivity index (χ4n) is 2.15. The molecule has 0 unspecified atom stereocenters. The van der Waals surface area contributed by atoms with Crippen molar-refractivity contribution in [3.63, 3.8) is 0 Å². The van der Waals surface area contributed by atoms with E-state index in [9.17, 15) is 4.79 Å². The number of methoxy groups -OCH3 is 1. The van der Waals surface area contributed by atoms with E-state index in [1.165, 1.54) is 16.9 Å². The summed E-state index contributed by atoms with van der Waals surface area (Å²) in [5.41, 5.74) is 1.17. The summed E-state index contributed by atoms with van der Waals surface area (Å²) < 4.78 is 6.74. The van der Waals surface area contributed by atoms with E-state index in [-0.39, 0.29) is 5.91 Å². The summed E-state index contributed by atoms with van der Waals surface area (Å²) in [5.74, 6) is 0.868. The number of aromatic nitrogens is 4. The Bertz CT molecular complexity index is 752. The van der Waals surface area contributed by atoms with E-state index in [0.29, 0.717) is 19.4 Å². The molecule has 1 amide bonds. The van der Waals surface area contributed by atoms with Crippen LogP contribution in [-0.2, 0) is 17.6 Å². The summed E-state index contributed by atoms with van der Waals surface area (Å²) in [4.78, 5) is 12.6. The molecule has 0 fully saturated rings. The highest BCUT2D eigenvalue weighted by Crippen LogP contribution is 2.13. The Morgan fingerprint density at radius 1 is 1.30 bits per heavy atom. The molecule has 2 aromatic heterocycles. The van der Waals surface area contributed by atoms with Gasteiger partial charge in [-0.15, -0.1) is 10.2 Å². The van der Waals surface area contributed by atoms with E-state index in [4.69, 9.17) is 4.74 Å². The van der Waals surface area contributed by atoms with Crippen molar-refractivity contribution in [1.82, 2.24) is 25.1 Å². The van der Waals surface area contributed by atoms with Gasteiger partial charge in [-0.3, -0.25) is 4.79 Å². The quantitative estimate of drug-likeness (QED) is 0.709. The smallest absolute Gasteiger partial charge is 0.234 e. The normalized spacial score (nSPS) is 10.8. The van der Waals surface area contributed by atoms with Crippen LogP contribution < -0.4 is 10.1 Å². The maximum absolute atomic E-state index is 11.9. The largest absolute Gasteiger partial charge is 0.497 e. The SMILES string of the molecule is COc1ccc(CCNC(=O)CCc2nn3cnnc3s2)cc1. The Labute approximate surface area is 137 Å². The Morgan fingerprint density at radius 3 is 2.87 bits per heavy atom. The lowest BCUT2D eigenvalue weighted by molar-refractivity contribution is -0.121. The number of hydrogen-bond donors (Lipinski definition) is 1. The summed E-state index contributed by atoms with van der Waals surface area (Å²) in [6.45, 7) is 0.621. The fourth-order valence-corrected chi connectivity index (χ4v) is 2.96. The second-order valence-electron chi connectivity index (χ2n) is 5.00. The number of rotatable bonds is 7. The van der Waals surface area contributed by atoms with Gasteiger partial charge >= 0.3 is 0 Å². The van der Waals surface area contributed by atoms with Crippen LogP contribution >= 0.6 is 11.3 Å². The number of hydrogen-bond acceptors (Lipinski definition) is 6. The summed E-state index contributed by atoms with van der Waals surface area (Å²) in [7, 11) is 1.64. The van der Waals surface area contributed by atoms with Gasteiger partial charge < -0.3 is 10.1 Å². The van der Waals surface area contributed by atoms with Crippen LogP contribution in [0.3, 0.4) is 0 Å². The second-order valence-corrected chi connectivity index (χ2v) is 6.04. The Kier molecular flexibility index (Phi) is 4.82. The van der Waals surface area contributed by atoms with Gasteiger partial charge in [0.05, 0.1) is 7.11 Å². The van der Waals surface area contributed by atoms with E-state index < -0.39 is 0 Å². The molecule has 120 valence electrons.